The second-order valence-electron chi connectivity index (χ2n) is 11.3. The number of aliphatic hydroxyl groups is 3. The van der Waals surface area contributed by atoms with Gasteiger partial charge in [0.15, 0.2) is 0 Å². The molecule has 0 radical (unpaired) electrons. The molecule has 1 amide bonds. The quantitative estimate of drug-likeness (QED) is 0.107. The summed E-state index contributed by atoms with van der Waals surface area (Å²) in [5.41, 5.74) is 3.26. The lowest BCUT2D eigenvalue weighted by Crippen LogP contribution is -2.54. The third-order valence-corrected chi connectivity index (χ3v) is 8.97. The van der Waals surface area contributed by atoms with E-state index < -0.39 is 25.4 Å². The number of benzene rings is 2. The van der Waals surface area contributed by atoms with Crippen molar-refractivity contribution >= 4 is 29.1 Å². The lowest BCUT2D eigenvalue weighted by Gasteiger charge is -2.28. The molecule has 0 saturated carbocycles. The molecule has 4 aromatic rings. The molecule has 3 heterocycles. The molecule has 0 aliphatic carbocycles. The highest BCUT2D eigenvalue weighted by atomic mass is 35.5. The number of nitrogens with one attached hydrogen (secondary N) is 3. The number of hydrogen-bond donors (Lipinski definition) is 6. The monoisotopic (exact) mass is 697 g/mol. The maximum Gasteiger partial charge on any atom is 0.237 e. The van der Waals surface area contributed by atoms with Crippen LogP contribution in [0.3, 0.4) is 0 Å². The van der Waals surface area contributed by atoms with Gasteiger partial charge in [-0.05, 0) is 6.42 Å². The molecule has 6 N–H and O–H groups in total. The number of carbonyl (C=O) groups is 1. The average Bonchev–Trinajstić information content (AvgIpc) is 3.54. The Hall–Kier alpha value is -3.95. The lowest BCUT2D eigenvalue weighted by atomic mass is 9.98. The Balaban J connectivity index is 1.39. The second-order valence-corrected chi connectivity index (χ2v) is 12.1. The number of carbonyl (C=O) groups excluding carboxylic acids is 1. The van der Waals surface area contributed by atoms with E-state index in [1.54, 1.807) is 12.4 Å². The Bertz CT molecular complexity index is 1750. The van der Waals surface area contributed by atoms with Crippen molar-refractivity contribution in [1.82, 2.24) is 35.9 Å². The van der Waals surface area contributed by atoms with Crippen molar-refractivity contribution in [3.8, 4) is 45.4 Å². The molecule has 1 aliphatic heterocycles. The van der Waals surface area contributed by atoms with Crippen LogP contribution in [0, 0.1) is 0 Å². The number of rotatable bonds is 15. The highest BCUT2D eigenvalue weighted by Crippen LogP contribution is 2.42. The minimum atomic E-state index is -1.29. The summed E-state index contributed by atoms with van der Waals surface area (Å²) in [7, 11) is 2.99. The first-order chi connectivity index (χ1) is 23.3. The Morgan fingerprint density at radius 2 is 1.33 bits per heavy atom. The van der Waals surface area contributed by atoms with E-state index in [-0.39, 0.29) is 24.4 Å². The predicted octanol–water partition coefficient (Wildman–Crippen LogP) is 2.77. The van der Waals surface area contributed by atoms with E-state index in [0.717, 1.165) is 6.42 Å². The number of aromatic nitrogens is 4. The first kappa shape index (κ1) is 35.4. The number of ether oxygens (including phenoxy) is 2. The van der Waals surface area contributed by atoms with Gasteiger partial charge in [0, 0.05) is 54.4 Å². The SMILES string of the molecule is COc1nc(-c2cccc(-c3cccc(-c4cnc(CNC(CO)(CO)CO)c(OC)n4)c3Cl)c2Cl)cnc1CNC[C@@H]1CCC(=O)N1. The molecule has 1 atom stereocenters. The summed E-state index contributed by atoms with van der Waals surface area (Å²) in [6, 6.07) is 11.2. The maximum atomic E-state index is 11.5. The molecule has 48 heavy (non-hydrogen) atoms. The van der Waals surface area contributed by atoms with Gasteiger partial charge in [-0.2, -0.15) is 0 Å². The summed E-state index contributed by atoms with van der Waals surface area (Å²) in [4.78, 5) is 29.9. The number of methoxy groups -OCH3 is 2. The molecule has 1 fully saturated rings. The van der Waals surface area contributed by atoms with Crippen molar-refractivity contribution in [2.45, 2.75) is 37.5 Å². The van der Waals surface area contributed by atoms with Gasteiger partial charge in [-0.25, -0.2) is 9.97 Å². The molecule has 2 aromatic heterocycles. The zero-order valence-electron chi connectivity index (χ0n) is 26.5. The Kier molecular flexibility index (Phi) is 11.8. The summed E-state index contributed by atoms with van der Waals surface area (Å²) in [5, 5.41) is 38.9. The van der Waals surface area contributed by atoms with E-state index in [0.29, 0.717) is 80.5 Å². The Morgan fingerprint density at radius 3 is 1.79 bits per heavy atom. The topological polar surface area (TPSA) is 184 Å². The molecule has 0 bridgehead atoms. The predicted molar refractivity (Wildman–Crippen MR) is 181 cm³/mol. The van der Waals surface area contributed by atoms with Crippen LogP contribution in [0.15, 0.2) is 48.8 Å². The molecule has 13 nitrogen and oxygen atoms in total. The van der Waals surface area contributed by atoms with Gasteiger partial charge in [-0.15, -0.1) is 0 Å². The van der Waals surface area contributed by atoms with Crippen LogP contribution in [-0.2, 0) is 17.9 Å². The smallest absolute Gasteiger partial charge is 0.237 e. The summed E-state index contributed by atoms with van der Waals surface area (Å²) < 4.78 is 11.0. The van der Waals surface area contributed by atoms with Crippen LogP contribution < -0.4 is 25.4 Å². The fourth-order valence-electron chi connectivity index (χ4n) is 5.28. The summed E-state index contributed by atoms with van der Waals surface area (Å²) >= 11 is 14.0. The van der Waals surface area contributed by atoms with E-state index in [1.165, 1.54) is 14.2 Å². The van der Waals surface area contributed by atoms with Crippen molar-refractivity contribution in [3.63, 3.8) is 0 Å². The normalized spacial score (nSPS) is 14.6. The van der Waals surface area contributed by atoms with E-state index in [9.17, 15) is 20.1 Å². The minimum absolute atomic E-state index is 0.0680. The lowest BCUT2D eigenvalue weighted by molar-refractivity contribution is -0.119. The van der Waals surface area contributed by atoms with E-state index >= 15 is 0 Å². The molecule has 254 valence electrons. The fourth-order valence-corrected chi connectivity index (χ4v) is 5.93. The zero-order valence-corrected chi connectivity index (χ0v) is 28.0. The third kappa shape index (κ3) is 7.68. The minimum Gasteiger partial charge on any atom is -0.480 e. The van der Waals surface area contributed by atoms with Crippen molar-refractivity contribution in [3.05, 3.63) is 70.2 Å². The van der Waals surface area contributed by atoms with Gasteiger partial charge in [-0.1, -0.05) is 59.6 Å². The van der Waals surface area contributed by atoms with Crippen molar-refractivity contribution in [1.29, 1.82) is 0 Å². The average molecular weight is 699 g/mol. The molecule has 5 rings (SSSR count). The Labute approximate surface area is 287 Å². The standard InChI is InChI=1S/C33H37Cl2N7O6/c1-47-31-26(12-36-11-19-9-10-28(46)40-19)37-13-24(41-31)22-7-3-5-20(29(22)34)21-6-4-8-23(30(21)35)25-14-38-27(32(42-25)48-2)15-39-33(16-43,17-44)18-45/h3-8,13-14,19,36,39,43-45H,9-12,15-18H2,1-2H3,(H,40,46)/t19-/m0/s1. The van der Waals surface area contributed by atoms with Crippen LogP contribution >= 0.6 is 23.2 Å². The van der Waals surface area contributed by atoms with Crippen LogP contribution in [0.4, 0.5) is 0 Å². The molecule has 2 aromatic carbocycles. The number of amides is 1. The maximum absolute atomic E-state index is 11.5. The number of halogens is 2. The van der Waals surface area contributed by atoms with Crippen molar-refractivity contribution in [2.75, 3.05) is 40.6 Å². The molecule has 0 spiro atoms. The van der Waals surface area contributed by atoms with Gasteiger partial charge in [0.25, 0.3) is 0 Å². The fraction of sp³-hybridized carbons (Fsp3) is 0.364. The summed E-state index contributed by atoms with van der Waals surface area (Å²) in [6.45, 7) is -0.338. The highest BCUT2D eigenvalue weighted by molar-refractivity contribution is 6.39. The highest BCUT2D eigenvalue weighted by Gasteiger charge is 2.28. The first-order valence-corrected chi connectivity index (χ1v) is 16.0. The third-order valence-electron chi connectivity index (χ3n) is 8.16. The van der Waals surface area contributed by atoms with Gasteiger partial charge in [-0.3, -0.25) is 20.1 Å². The largest absolute Gasteiger partial charge is 0.480 e. The van der Waals surface area contributed by atoms with E-state index in [2.05, 4.69) is 30.9 Å². The van der Waals surface area contributed by atoms with Gasteiger partial charge in [0.2, 0.25) is 17.7 Å². The molecule has 1 aliphatic rings. The molecule has 0 unspecified atom stereocenters. The van der Waals surface area contributed by atoms with Crippen LogP contribution in [0.25, 0.3) is 33.6 Å². The zero-order chi connectivity index (χ0) is 34.3. The van der Waals surface area contributed by atoms with Crippen molar-refractivity contribution in [2.24, 2.45) is 0 Å². The van der Waals surface area contributed by atoms with Gasteiger partial charge in [0.05, 0.1) is 73.4 Å². The van der Waals surface area contributed by atoms with Crippen LogP contribution in [0.5, 0.6) is 11.8 Å². The van der Waals surface area contributed by atoms with E-state index in [4.69, 9.17) is 37.7 Å². The summed E-state index contributed by atoms with van der Waals surface area (Å²) in [5.74, 6) is 0.636. The molecular formula is C33H37Cl2N7O6. The van der Waals surface area contributed by atoms with Gasteiger partial charge < -0.3 is 35.4 Å². The van der Waals surface area contributed by atoms with Crippen molar-refractivity contribution < 1.29 is 29.6 Å². The number of nitrogens with zero attached hydrogens (tertiary/aromatic N) is 4. The number of aliphatic hydroxyl groups excluding tert-OH is 3. The second kappa shape index (κ2) is 16.0. The van der Waals surface area contributed by atoms with Crippen LogP contribution in [0.1, 0.15) is 24.2 Å². The first-order valence-electron chi connectivity index (χ1n) is 15.2. The van der Waals surface area contributed by atoms with Crippen LogP contribution in [-0.4, -0.2) is 93.3 Å². The molecule has 15 heteroatoms. The number of hydrogen-bond acceptors (Lipinski definition) is 12. The molecular weight excluding hydrogens is 661 g/mol. The van der Waals surface area contributed by atoms with Gasteiger partial charge >= 0.3 is 0 Å². The van der Waals surface area contributed by atoms with Crippen LogP contribution in [0.2, 0.25) is 10.0 Å². The molecule has 1 saturated heterocycles. The van der Waals surface area contributed by atoms with E-state index in [1.807, 2.05) is 36.4 Å². The summed E-state index contributed by atoms with van der Waals surface area (Å²) in [6.07, 6.45) is 4.53. The van der Waals surface area contributed by atoms with Gasteiger partial charge in [0.1, 0.15) is 11.4 Å². The Morgan fingerprint density at radius 1 is 0.833 bits per heavy atom.